The van der Waals surface area contributed by atoms with Gasteiger partial charge in [-0.3, -0.25) is 0 Å². The molecule has 0 bridgehead atoms. The lowest BCUT2D eigenvalue weighted by Crippen LogP contribution is -1.82. The number of allylic oxidation sites excluding steroid dienone is 1. The molecule has 1 heteroatoms. The average Bonchev–Trinajstić information content (AvgIpc) is 2.63. The fraction of sp³-hybridized carbons (Fsp3) is 0.750. The lowest BCUT2D eigenvalue weighted by atomic mass is 10.2. The zero-order chi connectivity index (χ0) is 6.53. The molecule has 0 radical (unpaired) electrons. The second-order valence-corrected chi connectivity index (χ2v) is 3.86. The predicted octanol–water partition coefficient (Wildman–Crippen LogP) is 2.85. The smallest absolute Gasteiger partial charge is 0.0138 e. The molecule has 1 aliphatic heterocycles. The van der Waals surface area contributed by atoms with Gasteiger partial charge in [0.15, 0.2) is 0 Å². The normalized spacial score (nSPS) is 23.8. The van der Waals surface area contributed by atoms with E-state index in [-0.39, 0.29) is 0 Å². The Hall–Kier alpha value is 0.0900. The van der Waals surface area contributed by atoms with Gasteiger partial charge >= 0.3 is 0 Å². The summed E-state index contributed by atoms with van der Waals surface area (Å²) < 4.78 is 0. The molecule has 0 aromatic heterocycles. The minimum Gasteiger partial charge on any atom is -0.157 e. The highest BCUT2D eigenvalue weighted by Crippen LogP contribution is 2.34. The number of rotatable bonds is 5. The van der Waals surface area contributed by atoms with Crippen LogP contribution in [0.25, 0.3) is 0 Å². The second kappa shape index (κ2) is 3.99. The molecule has 0 aliphatic carbocycles. The van der Waals surface area contributed by atoms with Crippen LogP contribution in [0, 0.1) is 0 Å². The van der Waals surface area contributed by atoms with Crippen molar-refractivity contribution in [3.05, 3.63) is 12.7 Å². The summed E-state index contributed by atoms with van der Waals surface area (Å²) in [6.07, 6.45) is 7.42. The van der Waals surface area contributed by atoms with Crippen LogP contribution in [0.5, 0.6) is 0 Å². The largest absolute Gasteiger partial charge is 0.157 e. The van der Waals surface area contributed by atoms with Crippen LogP contribution in [0.4, 0.5) is 0 Å². The molecule has 0 spiro atoms. The molecule has 1 unspecified atom stereocenters. The summed E-state index contributed by atoms with van der Waals surface area (Å²) in [5.74, 6) is 1.42. The third-order valence-corrected chi connectivity index (χ3v) is 2.63. The molecule has 0 saturated carbocycles. The molecule has 1 saturated heterocycles. The molecule has 1 fully saturated rings. The Kier molecular flexibility index (Phi) is 3.20. The summed E-state index contributed by atoms with van der Waals surface area (Å²) in [7, 11) is 0. The fourth-order valence-corrected chi connectivity index (χ4v) is 1.53. The monoisotopic (exact) mass is 142 g/mol. The van der Waals surface area contributed by atoms with Crippen LogP contribution < -0.4 is 0 Å². The predicted molar refractivity (Wildman–Crippen MR) is 44.9 cm³/mol. The summed E-state index contributed by atoms with van der Waals surface area (Å²) in [5.41, 5.74) is 0. The first kappa shape index (κ1) is 7.20. The van der Waals surface area contributed by atoms with E-state index in [1.54, 1.807) is 0 Å². The van der Waals surface area contributed by atoms with Crippen LogP contribution >= 0.6 is 11.8 Å². The molecule has 1 heterocycles. The summed E-state index contributed by atoms with van der Waals surface area (Å²) >= 11 is 2.10. The van der Waals surface area contributed by atoms with Crippen LogP contribution in [-0.2, 0) is 0 Å². The summed E-state index contributed by atoms with van der Waals surface area (Å²) in [6, 6.07) is 0. The Morgan fingerprint density at radius 2 is 2.33 bits per heavy atom. The first-order chi connectivity index (χ1) is 4.43. The summed E-state index contributed by atoms with van der Waals surface area (Å²) in [6.45, 7) is 3.69. The van der Waals surface area contributed by atoms with Crippen LogP contribution in [0.1, 0.15) is 25.7 Å². The second-order valence-electron chi connectivity index (χ2n) is 2.53. The number of unbranched alkanes of at least 4 members (excludes halogenated alkanes) is 2. The maximum absolute atomic E-state index is 3.69. The van der Waals surface area contributed by atoms with Gasteiger partial charge in [-0.2, -0.15) is 11.8 Å². The number of thioether (sulfide) groups is 1. The molecule has 0 N–H and O–H groups in total. The summed E-state index contributed by atoms with van der Waals surface area (Å²) in [4.78, 5) is 0. The number of hydrogen-bond acceptors (Lipinski definition) is 1. The lowest BCUT2D eigenvalue weighted by molar-refractivity contribution is 0.705. The van der Waals surface area contributed by atoms with E-state index >= 15 is 0 Å². The molecule has 9 heavy (non-hydrogen) atoms. The fourth-order valence-electron chi connectivity index (χ4n) is 0.895. The van der Waals surface area contributed by atoms with E-state index in [0.29, 0.717) is 0 Å². The van der Waals surface area contributed by atoms with E-state index < -0.39 is 0 Å². The third-order valence-electron chi connectivity index (χ3n) is 1.59. The topological polar surface area (TPSA) is 0 Å². The highest BCUT2D eigenvalue weighted by atomic mass is 32.2. The highest BCUT2D eigenvalue weighted by molar-refractivity contribution is 8.06. The van der Waals surface area contributed by atoms with Gasteiger partial charge in [-0.1, -0.05) is 12.5 Å². The van der Waals surface area contributed by atoms with Gasteiger partial charge in [0.25, 0.3) is 0 Å². The van der Waals surface area contributed by atoms with E-state index in [1.165, 1.54) is 31.4 Å². The molecular formula is C8H14S. The van der Waals surface area contributed by atoms with Crippen LogP contribution in [0.2, 0.25) is 0 Å². The van der Waals surface area contributed by atoms with Crippen molar-refractivity contribution < 1.29 is 0 Å². The highest BCUT2D eigenvalue weighted by Gasteiger charge is 2.20. The molecule has 1 aliphatic rings. The van der Waals surface area contributed by atoms with E-state index in [1.807, 2.05) is 6.08 Å². The number of hydrogen-bond donors (Lipinski definition) is 0. The van der Waals surface area contributed by atoms with Gasteiger partial charge in [0.2, 0.25) is 0 Å². The molecule has 52 valence electrons. The maximum Gasteiger partial charge on any atom is 0.0138 e. The van der Waals surface area contributed by atoms with E-state index in [4.69, 9.17) is 0 Å². The van der Waals surface area contributed by atoms with Gasteiger partial charge in [-0.15, -0.1) is 6.58 Å². The maximum atomic E-state index is 3.69. The molecule has 0 amide bonds. The third kappa shape index (κ3) is 3.63. The van der Waals surface area contributed by atoms with Crippen LogP contribution in [0.3, 0.4) is 0 Å². The van der Waals surface area contributed by atoms with Crippen molar-refractivity contribution in [1.29, 1.82) is 0 Å². The molecule has 0 aromatic carbocycles. The van der Waals surface area contributed by atoms with Gasteiger partial charge in [-0.05, 0) is 19.3 Å². The molecule has 0 nitrogen and oxygen atoms in total. The van der Waals surface area contributed by atoms with Crippen LogP contribution in [-0.4, -0.2) is 11.0 Å². The molecule has 1 atom stereocenters. The Morgan fingerprint density at radius 1 is 1.56 bits per heavy atom. The van der Waals surface area contributed by atoms with Crippen molar-refractivity contribution in [2.75, 3.05) is 5.75 Å². The summed E-state index contributed by atoms with van der Waals surface area (Å²) in [5, 5.41) is 1.04. The van der Waals surface area contributed by atoms with Gasteiger partial charge in [0.1, 0.15) is 0 Å². The zero-order valence-corrected chi connectivity index (χ0v) is 6.62. The van der Waals surface area contributed by atoms with Crippen molar-refractivity contribution in [3.8, 4) is 0 Å². The standard InChI is InChI=1S/C8H14S/c1-2-3-4-5-6-8-7-9-8/h2,8H,1,3-7H2. The van der Waals surface area contributed by atoms with Crippen molar-refractivity contribution in [2.24, 2.45) is 0 Å². The van der Waals surface area contributed by atoms with Crippen molar-refractivity contribution >= 4 is 11.8 Å². The van der Waals surface area contributed by atoms with Gasteiger partial charge in [0.05, 0.1) is 0 Å². The lowest BCUT2D eigenvalue weighted by Gasteiger charge is -1.92. The average molecular weight is 142 g/mol. The van der Waals surface area contributed by atoms with Crippen molar-refractivity contribution in [3.63, 3.8) is 0 Å². The Morgan fingerprint density at radius 3 is 2.89 bits per heavy atom. The van der Waals surface area contributed by atoms with E-state index in [9.17, 15) is 0 Å². The first-order valence-corrected chi connectivity index (χ1v) is 4.71. The first-order valence-electron chi connectivity index (χ1n) is 3.66. The van der Waals surface area contributed by atoms with E-state index in [0.717, 1.165) is 5.25 Å². The van der Waals surface area contributed by atoms with E-state index in [2.05, 4.69) is 18.3 Å². The SMILES string of the molecule is C=CCCCCC1CS1. The minimum absolute atomic E-state index is 1.04. The Bertz CT molecular complexity index is 84.6. The van der Waals surface area contributed by atoms with Gasteiger partial charge < -0.3 is 0 Å². The molecule has 1 rings (SSSR count). The minimum atomic E-state index is 1.04. The quantitative estimate of drug-likeness (QED) is 0.323. The Labute approximate surface area is 61.7 Å². The zero-order valence-electron chi connectivity index (χ0n) is 5.81. The Balaban J connectivity index is 1.75. The van der Waals surface area contributed by atoms with Gasteiger partial charge in [-0.25, -0.2) is 0 Å². The van der Waals surface area contributed by atoms with Crippen LogP contribution in [0.15, 0.2) is 12.7 Å². The molecular weight excluding hydrogens is 128 g/mol. The van der Waals surface area contributed by atoms with Crippen molar-refractivity contribution in [2.45, 2.75) is 30.9 Å². The van der Waals surface area contributed by atoms with Gasteiger partial charge in [0, 0.05) is 11.0 Å². The molecule has 0 aromatic rings. The van der Waals surface area contributed by atoms with Crippen molar-refractivity contribution in [1.82, 2.24) is 0 Å².